The van der Waals surface area contributed by atoms with Gasteiger partial charge < -0.3 is 36.4 Å². The second-order valence-corrected chi connectivity index (χ2v) is 10.1. The number of nitrogens with two attached hydrogens (primary N) is 1. The minimum Gasteiger partial charge on any atom is -0.473 e. The van der Waals surface area contributed by atoms with E-state index in [9.17, 15) is 9.59 Å². The summed E-state index contributed by atoms with van der Waals surface area (Å²) in [5.41, 5.74) is 8.08. The molecule has 2 amide bonds. The normalized spacial score (nSPS) is 14.5. The van der Waals surface area contributed by atoms with Crippen molar-refractivity contribution in [2.45, 2.75) is 43.9 Å². The van der Waals surface area contributed by atoms with Crippen molar-refractivity contribution in [1.29, 1.82) is 0 Å². The monoisotopic (exact) mass is 570 g/mol. The summed E-state index contributed by atoms with van der Waals surface area (Å²) in [5, 5.41) is 41.2. The lowest BCUT2D eigenvalue weighted by Crippen LogP contribution is -2.56. The van der Waals surface area contributed by atoms with Crippen molar-refractivity contribution in [3.05, 3.63) is 65.5 Å². The molecule has 0 saturated carbocycles. The first kappa shape index (κ1) is 31.8. The van der Waals surface area contributed by atoms with E-state index in [1.807, 2.05) is 37.3 Å². The number of amides is 2. The molecule has 1 aromatic carbocycles. The molecular weight excluding hydrogens is 532 g/mol. The number of carbonyl (C=O) groups is 2. The summed E-state index contributed by atoms with van der Waals surface area (Å²) in [7, 11) is 0. The summed E-state index contributed by atoms with van der Waals surface area (Å²) in [6, 6.07) is 13.2. The number of hydroxylamine groups is 1. The predicted octanol–water partition coefficient (Wildman–Crippen LogP) is -0.0745. The summed E-state index contributed by atoms with van der Waals surface area (Å²) in [4.78, 5) is 33.4. The molecule has 0 radical (unpaired) electrons. The van der Waals surface area contributed by atoms with Crippen molar-refractivity contribution in [2.24, 2.45) is 5.73 Å². The number of rotatable bonds is 10. The SMILES string of the molecule is Cc1cc(COc2ccc(C(=O)NC3(CC(=O)NO)CCNCC3)cn2)c2ccccc2n1.NC(CO)(CO)CO. The maximum atomic E-state index is 12.8. The Bertz CT molecular complexity index is 1290. The number of aliphatic hydroxyl groups is 3. The molecule has 1 aliphatic rings. The average Bonchev–Trinajstić information content (AvgIpc) is 3.00. The number of fused-ring (bicyclic) bond motifs is 1. The third kappa shape index (κ3) is 8.88. The van der Waals surface area contributed by atoms with E-state index < -0.39 is 36.8 Å². The standard InChI is InChI=1S/C24H27N5O4.C4H11NO3/c1-16-12-18(19-4-2-3-5-20(19)27-16)15-33-22-7-6-17(14-26-22)23(31)28-24(13-21(30)29-32)8-10-25-11-9-24;5-4(1-6,2-7)3-8/h2-7,12,14,25,32H,8-11,13,15H2,1H3,(H,28,31)(H,29,30);6-8H,1-3,5H2. The zero-order chi connectivity index (χ0) is 29.9. The highest BCUT2D eigenvalue weighted by atomic mass is 16.5. The fourth-order valence-corrected chi connectivity index (χ4v) is 4.33. The van der Waals surface area contributed by atoms with Crippen molar-refractivity contribution in [3.8, 4) is 5.88 Å². The first-order valence-corrected chi connectivity index (χ1v) is 13.2. The third-order valence-electron chi connectivity index (χ3n) is 6.81. The van der Waals surface area contributed by atoms with Crippen LogP contribution in [0, 0.1) is 6.92 Å². The number of piperidine rings is 1. The van der Waals surface area contributed by atoms with Gasteiger partial charge in [0, 0.05) is 28.9 Å². The molecule has 0 atom stereocenters. The number of aryl methyl sites for hydroxylation is 1. The molecular formula is C28H38N6O7. The molecule has 1 fully saturated rings. The van der Waals surface area contributed by atoms with Gasteiger partial charge in [-0.05, 0) is 51.1 Å². The Labute approximate surface area is 237 Å². The quantitative estimate of drug-likeness (QED) is 0.119. The van der Waals surface area contributed by atoms with E-state index in [2.05, 4.69) is 20.6 Å². The van der Waals surface area contributed by atoms with E-state index in [0.717, 1.165) is 22.2 Å². The van der Waals surface area contributed by atoms with E-state index in [0.29, 0.717) is 44.0 Å². The molecule has 0 aliphatic carbocycles. The van der Waals surface area contributed by atoms with E-state index in [1.165, 1.54) is 6.20 Å². The first-order chi connectivity index (χ1) is 19.7. The van der Waals surface area contributed by atoms with Crippen LogP contribution in [0.15, 0.2) is 48.7 Å². The van der Waals surface area contributed by atoms with Gasteiger partial charge in [0.25, 0.3) is 5.91 Å². The Kier molecular flexibility index (Phi) is 11.5. The van der Waals surface area contributed by atoms with Gasteiger partial charge in [-0.3, -0.25) is 19.8 Å². The van der Waals surface area contributed by atoms with Crippen molar-refractivity contribution >= 4 is 22.7 Å². The zero-order valence-electron chi connectivity index (χ0n) is 23.0. The molecule has 222 valence electrons. The minimum absolute atomic E-state index is 0.00481. The second-order valence-electron chi connectivity index (χ2n) is 10.1. The van der Waals surface area contributed by atoms with Crippen LogP contribution in [0.5, 0.6) is 5.88 Å². The topological polar surface area (TPSA) is 212 Å². The minimum atomic E-state index is -1.21. The number of para-hydroxylation sites is 1. The number of pyridine rings is 2. The third-order valence-corrected chi connectivity index (χ3v) is 6.81. The lowest BCUT2D eigenvalue weighted by molar-refractivity contribution is -0.130. The average molecular weight is 571 g/mol. The van der Waals surface area contributed by atoms with Gasteiger partial charge in [-0.1, -0.05) is 18.2 Å². The van der Waals surface area contributed by atoms with Gasteiger partial charge >= 0.3 is 0 Å². The van der Waals surface area contributed by atoms with Crippen LogP contribution in [-0.2, 0) is 11.4 Å². The van der Waals surface area contributed by atoms with Crippen LogP contribution in [0.25, 0.3) is 10.9 Å². The van der Waals surface area contributed by atoms with Crippen LogP contribution in [0.2, 0.25) is 0 Å². The second kappa shape index (κ2) is 14.8. The summed E-state index contributed by atoms with van der Waals surface area (Å²) in [5.74, 6) is -0.447. The van der Waals surface area contributed by atoms with Gasteiger partial charge in [-0.15, -0.1) is 0 Å². The molecule has 3 heterocycles. The molecule has 0 spiro atoms. The zero-order valence-corrected chi connectivity index (χ0v) is 23.0. The Balaban J connectivity index is 0.000000507. The molecule has 2 aromatic heterocycles. The Morgan fingerprint density at radius 2 is 1.78 bits per heavy atom. The molecule has 1 saturated heterocycles. The van der Waals surface area contributed by atoms with Crippen LogP contribution < -0.4 is 26.6 Å². The van der Waals surface area contributed by atoms with E-state index in [1.54, 1.807) is 17.6 Å². The lowest BCUT2D eigenvalue weighted by atomic mass is 9.84. The first-order valence-electron chi connectivity index (χ1n) is 13.2. The molecule has 4 rings (SSSR count). The van der Waals surface area contributed by atoms with Crippen molar-refractivity contribution in [2.75, 3.05) is 32.9 Å². The van der Waals surface area contributed by atoms with Gasteiger partial charge in [0.1, 0.15) is 6.61 Å². The molecule has 41 heavy (non-hydrogen) atoms. The van der Waals surface area contributed by atoms with Crippen LogP contribution in [0.1, 0.15) is 40.9 Å². The highest BCUT2D eigenvalue weighted by Crippen LogP contribution is 2.24. The van der Waals surface area contributed by atoms with Gasteiger partial charge in [-0.25, -0.2) is 10.5 Å². The number of ether oxygens (including phenoxy) is 1. The predicted molar refractivity (Wildman–Crippen MR) is 150 cm³/mol. The number of nitrogens with one attached hydrogen (secondary N) is 3. The number of hydrogen-bond donors (Lipinski definition) is 8. The van der Waals surface area contributed by atoms with Crippen molar-refractivity contribution < 1.29 is 34.9 Å². The summed E-state index contributed by atoms with van der Waals surface area (Å²) in [6.45, 7) is 2.41. The van der Waals surface area contributed by atoms with Gasteiger partial charge in [0.15, 0.2) is 0 Å². The van der Waals surface area contributed by atoms with Crippen LogP contribution >= 0.6 is 0 Å². The van der Waals surface area contributed by atoms with Crippen LogP contribution in [-0.4, -0.2) is 86.3 Å². The summed E-state index contributed by atoms with van der Waals surface area (Å²) >= 11 is 0. The Morgan fingerprint density at radius 1 is 1.10 bits per heavy atom. The number of benzene rings is 1. The van der Waals surface area contributed by atoms with Gasteiger partial charge in [0.2, 0.25) is 11.8 Å². The highest BCUT2D eigenvalue weighted by molar-refractivity contribution is 5.95. The maximum Gasteiger partial charge on any atom is 0.253 e. The molecule has 3 aromatic rings. The van der Waals surface area contributed by atoms with E-state index in [4.69, 9.17) is 31.0 Å². The van der Waals surface area contributed by atoms with E-state index >= 15 is 0 Å². The number of carbonyl (C=O) groups excluding carboxylic acids is 2. The molecule has 13 nitrogen and oxygen atoms in total. The van der Waals surface area contributed by atoms with Crippen LogP contribution in [0.4, 0.5) is 0 Å². The molecule has 13 heteroatoms. The number of aromatic nitrogens is 2. The van der Waals surface area contributed by atoms with Crippen molar-refractivity contribution in [3.63, 3.8) is 0 Å². The lowest BCUT2D eigenvalue weighted by Gasteiger charge is -2.37. The van der Waals surface area contributed by atoms with Crippen molar-refractivity contribution in [1.82, 2.24) is 26.1 Å². The molecule has 0 bridgehead atoms. The van der Waals surface area contributed by atoms with Gasteiger partial charge in [0.05, 0.1) is 48.4 Å². The number of aliphatic hydroxyl groups excluding tert-OH is 3. The number of nitrogens with zero attached hydrogens (tertiary/aromatic N) is 2. The largest absolute Gasteiger partial charge is 0.473 e. The fraction of sp³-hybridized carbons (Fsp3) is 0.429. The molecule has 0 unspecified atom stereocenters. The summed E-state index contributed by atoms with van der Waals surface area (Å²) in [6.07, 6.45) is 2.63. The van der Waals surface area contributed by atoms with Gasteiger partial charge in [-0.2, -0.15) is 0 Å². The fourth-order valence-electron chi connectivity index (χ4n) is 4.33. The molecule has 9 N–H and O–H groups in total. The number of hydrogen-bond acceptors (Lipinski definition) is 11. The molecule has 1 aliphatic heterocycles. The van der Waals surface area contributed by atoms with E-state index in [-0.39, 0.29) is 12.3 Å². The smallest absolute Gasteiger partial charge is 0.253 e. The highest BCUT2D eigenvalue weighted by Gasteiger charge is 2.36. The maximum absolute atomic E-state index is 12.8. The Hall–Kier alpha value is -3.72. The van der Waals surface area contributed by atoms with Crippen LogP contribution in [0.3, 0.4) is 0 Å². The Morgan fingerprint density at radius 3 is 2.37 bits per heavy atom. The summed E-state index contributed by atoms with van der Waals surface area (Å²) < 4.78 is 5.87.